The SMILES string of the molecule is CCCC(NC(=O)C1(C)CCCN(C(=O)c2ccccc2)C1)C(=O)O. The van der Waals surface area contributed by atoms with E-state index in [0.29, 0.717) is 44.3 Å². The van der Waals surface area contributed by atoms with Crippen molar-refractivity contribution in [3.63, 3.8) is 0 Å². The lowest BCUT2D eigenvalue weighted by molar-refractivity contribution is -0.144. The van der Waals surface area contributed by atoms with E-state index >= 15 is 0 Å². The highest BCUT2D eigenvalue weighted by molar-refractivity contribution is 5.95. The predicted molar refractivity (Wildman–Crippen MR) is 94.2 cm³/mol. The summed E-state index contributed by atoms with van der Waals surface area (Å²) in [6.45, 7) is 4.58. The van der Waals surface area contributed by atoms with Crippen LogP contribution in [0.15, 0.2) is 30.3 Å². The van der Waals surface area contributed by atoms with E-state index in [1.165, 1.54) is 0 Å². The lowest BCUT2D eigenvalue weighted by atomic mass is 9.80. The minimum Gasteiger partial charge on any atom is -0.480 e. The molecule has 0 aliphatic carbocycles. The molecule has 0 bridgehead atoms. The molecule has 1 aromatic carbocycles. The first-order valence-electron chi connectivity index (χ1n) is 8.75. The first kappa shape index (κ1) is 19.0. The summed E-state index contributed by atoms with van der Waals surface area (Å²) in [5.41, 5.74) is -0.175. The van der Waals surface area contributed by atoms with Crippen LogP contribution in [0, 0.1) is 5.41 Å². The van der Waals surface area contributed by atoms with Crippen LogP contribution in [0.5, 0.6) is 0 Å². The van der Waals surface area contributed by atoms with Gasteiger partial charge in [-0.25, -0.2) is 4.79 Å². The van der Waals surface area contributed by atoms with Crippen LogP contribution >= 0.6 is 0 Å². The Kier molecular flexibility index (Phi) is 6.17. The molecule has 0 saturated carbocycles. The highest BCUT2D eigenvalue weighted by Gasteiger charge is 2.40. The van der Waals surface area contributed by atoms with Crippen LogP contribution in [-0.2, 0) is 9.59 Å². The summed E-state index contributed by atoms with van der Waals surface area (Å²) < 4.78 is 0. The minimum absolute atomic E-state index is 0.0948. The molecule has 0 radical (unpaired) electrons. The van der Waals surface area contributed by atoms with Crippen molar-refractivity contribution in [3.05, 3.63) is 35.9 Å². The molecule has 2 N–H and O–H groups in total. The van der Waals surface area contributed by atoms with Gasteiger partial charge in [-0.15, -0.1) is 0 Å². The molecule has 25 heavy (non-hydrogen) atoms. The number of piperidine rings is 1. The number of carbonyl (C=O) groups is 3. The van der Waals surface area contributed by atoms with Gasteiger partial charge in [-0.3, -0.25) is 9.59 Å². The second-order valence-corrected chi connectivity index (χ2v) is 6.91. The zero-order chi connectivity index (χ0) is 18.4. The molecule has 2 amide bonds. The highest BCUT2D eigenvalue weighted by Crippen LogP contribution is 2.30. The van der Waals surface area contributed by atoms with Crippen molar-refractivity contribution in [1.29, 1.82) is 0 Å². The number of carboxylic acids is 1. The lowest BCUT2D eigenvalue weighted by Gasteiger charge is -2.39. The molecule has 0 aromatic heterocycles. The number of rotatable bonds is 6. The molecular weight excluding hydrogens is 320 g/mol. The van der Waals surface area contributed by atoms with Crippen molar-refractivity contribution in [3.8, 4) is 0 Å². The van der Waals surface area contributed by atoms with Gasteiger partial charge in [0.2, 0.25) is 5.91 Å². The zero-order valence-corrected chi connectivity index (χ0v) is 14.8. The first-order chi connectivity index (χ1) is 11.9. The number of amides is 2. The Labute approximate surface area is 148 Å². The fraction of sp³-hybridized carbons (Fsp3) is 0.526. The van der Waals surface area contributed by atoms with Gasteiger partial charge < -0.3 is 15.3 Å². The van der Waals surface area contributed by atoms with Crippen molar-refractivity contribution in [2.45, 2.75) is 45.6 Å². The molecule has 1 aliphatic heterocycles. The largest absolute Gasteiger partial charge is 0.480 e. The van der Waals surface area contributed by atoms with Crippen molar-refractivity contribution >= 4 is 17.8 Å². The van der Waals surface area contributed by atoms with Crippen LogP contribution < -0.4 is 5.32 Å². The molecular formula is C19H26N2O4. The fourth-order valence-electron chi connectivity index (χ4n) is 3.24. The molecule has 1 saturated heterocycles. The summed E-state index contributed by atoms with van der Waals surface area (Å²) >= 11 is 0. The molecule has 1 heterocycles. The monoisotopic (exact) mass is 346 g/mol. The second-order valence-electron chi connectivity index (χ2n) is 6.91. The topological polar surface area (TPSA) is 86.7 Å². The van der Waals surface area contributed by atoms with Gasteiger partial charge in [0.25, 0.3) is 5.91 Å². The molecule has 1 fully saturated rings. The maximum atomic E-state index is 12.7. The molecule has 136 valence electrons. The number of hydrogen-bond donors (Lipinski definition) is 2. The van der Waals surface area contributed by atoms with Crippen molar-refractivity contribution in [1.82, 2.24) is 10.2 Å². The number of aliphatic carboxylic acids is 1. The minimum atomic E-state index is -1.02. The number of carbonyl (C=O) groups excluding carboxylic acids is 2. The quantitative estimate of drug-likeness (QED) is 0.827. The summed E-state index contributed by atoms with van der Waals surface area (Å²) in [5, 5.41) is 11.9. The second kappa shape index (κ2) is 8.14. The number of likely N-dealkylation sites (tertiary alicyclic amines) is 1. The number of hydrogen-bond acceptors (Lipinski definition) is 3. The fourth-order valence-corrected chi connectivity index (χ4v) is 3.24. The molecule has 2 unspecified atom stereocenters. The van der Waals surface area contributed by atoms with Crippen LogP contribution in [0.2, 0.25) is 0 Å². The average molecular weight is 346 g/mol. The van der Waals surface area contributed by atoms with Gasteiger partial charge in [0, 0.05) is 18.7 Å². The van der Waals surface area contributed by atoms with Crippen LogP contribution in [-0.4, -0.2) is 46.9 Å². The zero-order valence-electron chi connectivity index (χ0n) is 14.8. The molecule has 1 aliphatic rings. The Morgan fingerprint density at radius 1 is 1.28 bits per heavy atom. The maximum Gasteiger partial charge on any atom is 0.326 e. The number of carboxylic acid groups (broad SMARTS) is 1. The predicted octanol–water partition coefficient (Wildman–Crippen LogP) is 2.30. The third-order valence-electron chi connectivity index (χ3n) is 4.73. The van der Waals surface area contributed by atoms with Crippen molar-refractivity contribution in [2.24, 2.45) is 5.41 Å². The summed E-state index contributed by atoms with van der Waals surface area (Å²) in [6.07, 6.45) is 2.42. The molecule has 6 nitrogen and oxygen atoms in total. The van der Waals surface area contributed by atoms with E-state index in [0.717, 1.165) is 0 Å². The van der Waals surface area contributed by atoms with Gasteiger partial charge in [0.05, 0.1) is 5.41 Å². The number of nitrogens with zero attached hydrogens (tertiary/aromatic N) is 1. The lowest BCUT2D eigenvalue weighted by Crippen LogP contribution is -2.54. The third kappa shape index (κ3) is 4.59. The Hall–Kier alpha value is -2.37. The van der Waals surface area contributed by atoms with E-state index in [4.69, 9.17) is 0 Å². The van der Waals surface area contributed by atoms with Crippen molar-refractivity contribution in [2.75, 3.05) is 13.1 Å². The van der Waals surface area contributed by atoms with E-state index < -0.39 is 17.4 Å². The van der Waals surface area contributed by atoms with Gasteiger partial charge in [0.1, 0.15) is 6.04 Å². The summed E-state index contributed by atoms with van der Waals surface area (Å²) in [5.74, 6) is -1.41. The van der Waals surface area contributed by atoms with Gasteiger partial charge in [0.15, 0.2) is 0 Å². The van der Waals surface area contributed by atoms with Gasteiger partial charge >= 0.3 is 5.97 Å². The van der Waals surface area contributed by atoms with Gasteiger partial charge in [-0.2, -0.15) is 0 Å². The van der Waals surface area contributed by atoms with E-state index in [1.807, 2.05) is 25.1 Å². The van der Waals surface area contributed by atoms with Gasteiger partial charge in [-0.1, -0.05) is 31.5 Å². The Bertz CT molecular complexity index is 632. The number of nitrogens with one attached hydrogen (secondary N) is 1. The molecule has 2 atom stereocenters. The standard InChI is InChI=1S/C19H26N2O4/c1-3-8-15(17(23)24)20-18(25)19(2)11-7-12-21(13-19)16(22)14-9-5-4-6-10-14/h4-6,9-10,15H,3,7-8,11-13H2,1-2H3,(H,20,25)(H,23,24). The summed E-state index contributed by atoms with van der Waals surface area (Å²) in [4.78, 5) is 38.3. The smallest absolute Gasteiger partial charge is 0.326 e. The average Bonchev–Trinajstić information content (AvgIpc) is 2.61. The Morgan fingerprint density at radius 2 is 1.96 bits per heavy atom. The number of benzene rings is 1. The van der Waals surface area contributed by atoms with E-state index in [2.05, 4.69) is 5.32 Å². The molecule has 0 spiro atoms. The van der Waals surface area contributed by atoms with Crippen LogP contribution in [0.1, 0.15) is 49.9 Å². The Balaban J connectivity index is 2.08. The Morgan fingerprint density at radius 3 is 2.56 bits per heavy atom. The van der Waals surface area contributed by atoms with Crippen LogP contribution in [0.3, 0.4) is 0 Å². The molecule has 6 heteroatoms. The maximum absolute atomic E-state index is 12.7. The normalized spacial score (nSPS) is 21.4. The summed E-state index contributed by atoms with van der Waals surface area (Å²) in [7, 11) is 0. The summed E-state index contributed by atoms with van der Waals surface area (Å²) in [6, 6.07) is 8.11. The van der Waals surface area contributed by atoms with E-state index in [1.54, 1.807) is 24.0 Å². The molecule has 1 aromatic rings. The van der Waals surface area contributed by atoms with Crippen molar-refractivity contribution < 1.29 is 19.5 Å². The van der Waals surface area contributed by atoms with Crippen LogP contribution in [0.4, 0.5) is 0 Å². The highest BCUT2D eigenvalue weighted by atomic mass is 16.4. The van der Waals surface area contributed by atoms with Crippen LogP contribution in [0.25, 0.3) is 0 Å². The van der Waals surface area contributed by atoms with E-state index in [-0.39, 0.29) is 11.8 Å². The first-order valence-corrected chi connectivity index (χ1v) is 8.75. The van der Waals surface area contributed by atoms with E-state index in [9.17, 15) is 19.5 Å². The molecule has 2 rings (SSSR count). The van der Waals surface area contributed by atoms with Gasteiger partial charge in [-0.05, 0) is 38.3 Å². The third-order valence-corrected chi connectivity index (χ3v) is 4.73.